The highest BCUT2D eigenvalue weighted by Crippen LogP contribution is 2.31. The Hall–Kier alpha value is -1.71. The molecule has 0 aromatic heterocycles. The number of hydrogen-bond donors (Lipinski definition) is 0. The summed E-state index contributed by atoms with van der Waals surface area (Å²) in [5.74, 6) is 1.31. The number of ether oxygens (including phenoxy) is 3. The molecule has 0 amide bonds. The van der Waals surface area contributed by atoms with Gasteiger partial charge in [-0.15, -0.1) is 0 Å². The summed E-state index contributed by atoms with van der Waals surface area (Å²) < 4.78 is 15.3. The van der Waals surface area contributed by atoms with Crippen LogP contribution < -0.4 is 14.2 Å². The Balaban J connectivity index is 2.83. The van der Waals surface area contributed by atoms with E-state index in [4.69, 9.17) is 14.2 Å². The predicted octanol–water partition coefficient (Wildman–Crippen LogP) is 2.41. The standard InChI is InChI=1S/C12H16O4/c1-4-5-12(13)16-10-7-6-9(14-2)8-11(10)15-3/h6-8H,4-5H2,1-3H3. The largest absolute Gasteiger partial charge is 0.497 e. The first-order valence-electron chi connectivity index (χ1n) is 5.14. The minimum Gasteiger partial charge on any atom is -0.497 e. The second-order valence-electron chi connectivity index (χ2n) is 3.24. The van der Waals surface area contributed by atoms with Crippen LogP contribution in [0.2, 0.25) is 0 Å². The molecule has 0 aliphatic carbocycles. The monoisotopic (exact) mass is 224 g/mol. The highest BCUT2D eigenvalue weighted by molar-refractivity contribution is 5.73. The molecule has 0 saturated carbocycles. The molecule has 0 atom stereocenters. The van der Waals surface area contributed by atoms with Gasteiger partial charge in [0.2, 0.25) is 0 Å². The van der Waals surface area contributed by atoms with E-state index in [0.717, 1.165) is 6.42 Å². The first kappa shape index (κ1) is 12.4. The summed E-state index contributed by atoms with van der Waals surface area (Å²) in [6.45, 7) is 1.92. The third-order valence-corrected chi connectivity index (χ3v) is 2.05. The molecule has 1 rings (SSSR count). The number of methoxy groups -OCH3 is 2. The van der Waals surface area contributed by atoms with Crippen LogP contribution in [-0.2, 0) is 4.79 Å². The van der Waals surface area contributed by atoms with Gasteiger partial charge in [-0.3, -0.25) is 4.79 Å². The van der Waals surface area contributed by atoms with Gasteiger partial charge in [0.15, 0.2) is 11.5 Å². The Morgan fingerprint density at radius 1 is 1.19 bits per heavy atom. The van der Waals surface area contributed by atoms with E-state index in [1.165, 1.54) is 7.11 Å². The van der Waals surface area contributed by atoms with Crippen molar-refractivity contribution in [1.82, 2.24) is 0 Å². The molecule has 0 heterocycles. The highest BCUT2D eigenvalue weighted by Gasteiger charge is 2.10. The SMILES string of the molecule is CCCC(=O)Oc1ccc(OC)cc1OC. The Morgan fingerprint density at radius 3 is 2.50 bits per heavy atom. The smallest absolute Gasteiger partial charge is 0.311 e. The molecule has 0 spiro atoms. The summed E-state index contributed by atoms with van der Waals surface area (Å²) in [5, 5.41) is 0. The Labute approximate surface area is 95.1 Å². The maximum Gasteiger partial charge on any atom is 0.311 e. The van der Waals surface area contributed by atoms with Gasteiger partial charge in [0.1, 0.15) is 5.75 Å². The summed E-state index contributed by atoms with van der Waals surface area (Å²) >= 11 is 0. The third kappa shape index (κ3) is 3.15. The molecule has 1 aromatic carbocycles. The molecular formula is C12H16O4. The zero-order valence-electron chi connectivity index (χ0n) is 9.78. The normalized spacial score (nSPS) is 9.69. The Kier molecular flexibility index (Phi) is 4.64. The number of rotatable bonds is 5. The van der Waals surface area contributed by atoms with Crippen molar-refractivity contribution in [1.29, 1.82) is 0 Å². The molecule has 0 aliphatic rings. The van der Waals surface area contributed by atoms with Crippen molar-refractivity contribution < 1.29 is 19.0 Å². The van der Waals surface area contributed by atoms with Crippen LogP contribution in [0.3, 0.4) is 0 Å². The quantitative estimate of drug-likeness (QED) is 0.569. The van der Waals surface area contributed by atoms with Crippen molar-refractivity contribution in [3.05, 3.63) is 18.2 Å². The van der Waals surface area contributed by atoms with Crippen LogP contribution in [-0.4, -0.2) is 20.2 Å². The van der Waals surface area contributed by atoms with Crippen LogP contribution in [0.15, 0.2) is 18.2 Å². The Morgan fingerprint density at radius 2 is 1.94 bits per heavy atom. The number of benzene rings is 1. The van der Waals surface area contributed by atoms with Gasteiger partial charge >= 0.3 is 5.97 Å². The topological polar surface area (TPSA) is 44.8 Å². The van der Waals surface area contributed by atoms with Gasteiger partial charge in [-0.05, 0) is 18.6 Å². The van der Waals surface area contributed by atoms with Crippen LogP contribution >= 0.6 is 0 Å². The number of carbonyl (C=O) groups excluding carboxylic acids is 1. The van der Waals surface area contributed by atoms with Crippen molar-refractivity contribution >= 4 is 5.97 Å². The number of esters is 1. The molecule has 0 aliphatic heterocycles. The average Bonchev–Trinajstić information content (AvgIpc) is 2.30. The minimum absolute atomic E-state index is 0.258. The van der Waals surface area contributed by atoms with Gasteiger partial charge in [0, 0.05) is 12.5 Å². The second kappa shape index (κ2) is 6.00. The van der Waals surface area contributed by atoms with Gasteiger partial charge in [-0.1, -0.05) is 6.92 Å². The van der Waals surface area contributed by atoms with E-state index in [9.17, 15) is 4.79 Å². The summed E-state index contributed by atoms with van der Waals surface area (Å²) in [7, 11) is 3.09. The van der Waals surface area contributed by atoms with Gasteiger partial charge in [0.25, 0.3) is 0 Å². The molecule has 88 valence electrons. The fourth-order valence-corrected chi connectivity index (χ4v) is 1.24. The van der Waals surface area contributed by atoms with E-state index in [0.29, 0.717) is 23.7 Å². The second-order valence-corrected chi connectivity index (χ2v) is 3.24. The molecule has 0 bridgehead atoms. The first-order chi connectivity index (χ1) is 7.71. The first-order valence-corrected chi connectivity index (χ1v) is 5.14. The van der Waals surface area contributed by atoms with Gasteiger partial charge in [-0.25, -0.2) is 0 Å². The van der Waals surface area contributed by atoms with Crippen molar-refractivity contribution in [2.75, 3.05) is 14.2 Å². The van der Waals surface area contributed by atoms with Crippen molar-refractivity contribution in [2.24, 2.45) is 0 Å². The summed E-state index contributed by atoms with van der Waals surface area (Å²) in [4.78, 5) is 11.3. The summed E-state index contributed by atoms with van der Waals surface area (Å²) in [5.41, 5.74) is 0. The molecular weight excluding hydrogens is 208 g/mol. The number of hydrogen-bond acceptors (Lipinski definition) is 4. The molecule has 0 N–H and O–H groups in total. The highest BCUT2D eigenvalue weighted by atomic mass is 16.6. The zero-order chi connectivity index (χ0) is 12.0. The summed E-state index contributed by atoms with van der Waals surface area (Å²) in [6, 6.07) is 5.05. The maximum atomic E-state index is 11.3. The van der Waals surface area contributed by atoms with E-state index >= 15 is 0 Å². The van der Waals surface area contributed by atoms with Crippen molar-refractivity contribution in [3.8, 4) is 17.2 Å². The van der Waals surface area contributed by atoms with E-state index < -0.39 is 0 Å². The van der Waals surface area contributed by atoms with E-state index in [1.54, 1.807) is 25.3 Å². The van der Waals surface area contributed by atoms with E-state index in [2.05, 4.69) is 0 Å². The summed E-state index contributed by atoms with van der Waals surface area (Å²) in [6.07, 6.45) is 1.16. The lowest BCUT2D eigenvalue weighted by atomic mass is 10.3. The van der Waals surface area contributed by atoms with Crippen LogP contribution in [0.1, 0.15) is 19.8 Å². The lowest BCUT2D eigenvalue weighted by Gasteiger charge is -2.10. The molecule has 4 heteroatoms. The van der Waals surface area contributed by atoms with Crippen molar-refractivity contribution in [3.63, 3.8) is 0 Å². The number of carbonyl (C=O) groups is 1. The molecule has 0 radical (unpaired) electrons. The van der Waals surface area contributed by atoms with Crippen LogP contribution in [0.25, 0.3) is 0 Å². The molecule has 0 unspecified atom stereocenters. The van der Waals surface area contributed by atoms with Crippen LogP contribution in [0.4, 0.5) is 0 Å². The molecule has 1 aromatic rings. The fourth-order valence-electron chi connectivity index (χ4n) is 1.24. The molecule has 0 fully saturated rings. The zero-order valence-corrected chi connectivity index (χ0v) is 9.78. The lowest BCUT2D eigenvalue weighted by Crippen LogP contribution is -2.07. The van der Waals surface area contributed by atoms with Gasteiger partial charge in [-0.2, -0.15) is 0 Å². The minimum atomic E-state index is -0.258. The Bertz CT molecular complexity index is 360. The predicted molar refractivity (Wildman–Crippen MR) is 60.1 cm³/mol. The van der Waals surface area contributed by atoms with Crippen LogP contribution in [0.5, 0.6) is 17.2 Å². The lowest BCUT2D eigenvalue weighted by molar-refractivity contribution is -0.134. The maximum absolute atomic E-state index is 11.3. The van der Waals surface area contributed by atoms with Gasteiger partial charge in [0.05, 0.1) is 14.2 Å². The molecule has 16 heavy (non-hydrogen) atoms. The van der Waals surface area contributed by atoms with Gasteiger partial charge < -0.3 is 14.2 Å². The molecule has 4 nitrogen and oxygen atoms in total. The van der Waals surface area contributed by atoms with E-state index in [-0.39, 0.29) is 5.97 Å². The third-order valence-electron chi connectivity index (χ3n) is 2.05. The van der Waals surface area contributed by atoms with Crippen LogP contribution in [0, 0.1) is 0 Å². The average molecular weight is 224 g/mol. The molecule has 0 saturated heterocycles. The van der Waals surface area contributed by atoms with E-state index in [1.807, 2.05) is 6.92 Å². The fraction of sp³-hybridized carbons (Fsp3) is 0.417. The van der Waals surface area contributed by atoms with Crippen molar-refractivity contribution in [2.45, 2.75) is 19.8 Å².